The van der Waals surface area contributed by atoms with Gasteiger partial charge in [0, 0.05) is 19.3 Å². The summed E-state index contributed by atoms with van der Waals surface area (Å²) in [6, 6.07) is 0. The van der Waals surface area contributed by atoms with Gasteiger partial charge in [-0.2, -0.15) is 0 Å². The summed E-state index contributed by atoms with van der Waals surface area (Å²) in [6.45, 7) is 6.54. The molecule has 0 bridgehead atoms. The fourth-order valence-corrected chi connectivity index (χ4v) is 7.31. The van der Waals surface area contributed by atoms with E-state index in [0.717, 1.165) is 57.8 Å². The van der Waals surface area contributed by atoms with Crippen LogP contribution in [-0.4, -0.2) is 37.2 Å². The van der Waals surface area contributed by atoms with Gasteiger partial charge in [-0.3, -0.25) is 14.4 Å². The van der Waals surface area contributed by atoms with Gasteiger partial charge in [0.1, 0.15) is 13.2 Å². The Kier molecular flexibility index (Phi) is 47.9. The van der Waals surface area contributed by atoms with Crippen LogP contribution in [0.4, 0.5) is 0 Å². The fourth-order valence-electron chi connectivity index (χ4n) is 7.31. The zero-order valence-corrected chi connectivity index (χ0v) is 40.4. The second-order valence-electron chi connectivity index (χ2n) is 17.5. The molecule has 0 amide bonds. The van der Waals surface area contributed by atoms with Gasteiger partial charge in [-0.1, -0.05) is 204 Å². The lowest BCUT2D eigenvalue weighted by molar-refractivity contribution is -0.167. The normalized spacial score (nSPS) is 12.4. The lowest BCUT2D eigenvalue weighted by atomic mass is 10.1. The Morgan fingerprint density at radius 3 is 1.02 bits per heavy atom. The first-order valence-electron chi connectivity index (χ1n) is 26.2. The van der Waals surface area contributed by atoms with Gasteiger partial charge < -0.3 is 14.2 Å². The molecule has 1 unspecified atom stereocenters. The van der Waals surface area contributed by atoms with Crippen LogP contribution in [0.15, 0.2) is 48.6 Å². The highest BCUT2D eigenvalue weighted by Crippen LogP contribution is 2.15. The van der Waals surface area contributed by atoms with Crippen molar-refractivity contribution in [1.82, 2.24) is 0 Å². The first-order valence-corrected chi connectivity index (χ1v) is 26.2. The number of ether oxygens (including phenoxy) is 3. The van der Waals surface area contributed by atoms with Gasteiger partial charge in [0.05, 0.1) is 0 Å². The summed E-state index contributed by atoms with van der Waals surface area (Å²) in [7, 11) is 0. The zero-order valence-electron chi connectivity index (χ0n) is 40.4. The van der Waals surface area contributed by atoms with Crippen LogP contribution < -0.4 is 0 Å². The van der Waals surface area contributed by atoms with Crippen LogP contribution in [0, 0.1) is 0 Å². The van der Waals surface area contributed by atoms with Gasteiger partial charge in [0.15, 0.2) is 6.10 Å². The van der Waals surface area contributed by atoms with E-state index in [1.165, 1.54) is 167 Å². The Labute approximate surface area is 378 Å². The van der Waals surface area contributed by atoms with Crippen molar-refractivity contribution in [2.45, 2.75) is 271 Å². The van der Waals surface area contributed by atoms with E-state index in [2.05, 4.69) is 69.4 Å². The first-order chi connectivity index (χ1) is 30.0. The van der Waals surface area contributed by atoms with Gasteiger partial charge in [0.2, 0.25) is 0 Å². The van der Waals surface area contributed by atoms with E-state index in [9.17, 15) is 14.4 Å². The minimum Gasteiger partial charge on any atom is -0.462 e. The number of esters is 3. The number of rotatable bonds is 47. The van der Waals surface area contributed by atoms with Crippen molar-refractivity contribution in [2.75, 3.05) is 13.2 Å². The zero-order chi connectivity index (χ0) is 44.4. The maximum Gasteiger partial charge on any atom is 0.306 e. The molecule has 0 radical (unpaired) electrons. The number of carbonyl (C=O) groups is 3. The molecule has 0 saturated heterocycles. The van der Waals surface area contributed by atoms with Crippen LogP contribution in [0.2, 0.25) is 0 Å². The molecule has 6 heteroatoms. The van der Waals surface area contributed by atoms with Crippen molar-refractivity contribution < 1.29 is 28.6 Å². The number of unbranched alkanes of at least 4 members (excludes halogenated alkanes) is 29. The van der Waals surface area contributed by atoms with Gasteiger partial charge in [-0.15, -0.1) is 0 Å². The first kappa shape index (κ1) is 58.4. The Bertz CT molecular complexity index is 1070. The predicted molar refractivity (Wildman–Crippen MR) is 261 cm³/mol. The van der Waals surface area contributed by atoms with E-state index in [-0.39, 0.29) is 31.1 Å². The number of allylic oxidation sites excluding steroid dienone is 8. The molecule has 0 aliphatic rings. The summed E-state index contributed by atoms with van der Waals surface area (Å²) in [4.78, 5) is 37.9. The van der Waals surface area contributed by atoms with Gasteiger partial charge >= 0.3 is 17.9 Å². The third-order valence-corrected chi connectivity index (χ3v) is 11.3. The smallest absolute Gasteiger partial charge is 0.306 e. The van der Waals surface area contributed by atoms with Crippen molar-refractivity contribution in [3.05, 3.63) is 48.6 Å². The monoisotopic (exact) mass is 855 g/mol. The maximum atomic E-state index is 12.8. The van der Waals surface area contributed by atoms with Crippen LogP contribution >= 0.6 is 0 Å². The largest absolute Gasteiger partial charge is 0.462 e. The van der Waals surface area contributed by atoms with Crippen molar-refractivity contribution >= 4 is 17.9 Å². The molecule has 1 atom stereocenters. The number of hydrogen-bond acceptors (Lipinski definition) is 6. The molecule has 0 aromatic rings. The molecule has 0 fully saturated rings. The Morgan fingerprint density at radius 1 is 0.328 bits per heavy atom. The molecule has 0 rings (SSSR count). The third kappa shape index (κ3) is 48.3. The Hall–Kier alpha value is -2.63. The molecule has 0 spiro atoms. The lowest BCUT2D eigenvalue weighted by Crippen LogP contribution is -2.30. The van der Waals surface area contributed by atoms with Crippen LogP contribution in [-0.2, 0) is 28.6 Å². The van der Waals surface area contributed by atoms with Crippen molar-refractivity contribution in [2.24, 2.45) is 0 Å². The summed E-state index contributed by atoms with van der Waals surface area (Å²) in [5.74, 6) is -0.923. The number of hydrogen-bond donors (Lipinski definition) is 0. The summed E-state index contributed by atoms with van der Waals surface area (Å²) >= 11 is 0. The molecule has 0 aromatic heterocycles. The SMILES string of the molecule is CCCCC/C=C\C=C/CCCCCCCCCCCCC(=O)OCC(COC(=O)CCC/C=C\CCCCCC)OC(=O)CCCCCCCCC/C=C\CCCCCC. The topological polar surface area (TPSA) is 78.9 Å². The summed E-state index contributed by atoms with van der Waals surface area (Å²) in [5, 5.41) is 0. The third-order valence-electron chi connectivity index (χ3n) is 11.3. The quantitative estimate of drug-likeness (QED) is 0.0199. The molecule has 6 nitrogen and oxygen atoms in total. The highest BCUT2D eigenvalue weighted by Gasteiger charge is 2.19. The minimum absolute atomic E-state index is 0.0842. The van der Waals surface area contributed by atoms with Crippen molar-refractivity contribution in [1.29, 1.82) is 0 Å². The molecule has 0 saturated carbocycles. The molecular weight excluding hydrogens is 757 g/mol. The molecule has 0 aliphatic heterocycles. The molecule has 0 N–H and O–H groups in total. The van der Waals surface area contributed by atoms with E-state index in [4.69, 9.17) is 14.2 Å². The second-order valence-corrected chi connectivity index (χ2v) is 17.5. The van der Waals surface area contributed by atoms with Crippen LogP contribution in [0.5, 0.6) is 0 Å². The van der Waals surface area contributed by atoms with Crippen molar-refractivity contribution in [3.8, 4) is 0 Å². The van der Waals surface area contributed by atoms with Crippen LogP contribution in [0.25, 0.3) is 0 Å². The molecule has 0 aromatic carbocycles. The molecule has 0 heterocycles. The highest BCUT2D eigenvalue weighted by molar-refractivity contribution is 5.71. The summed E-state index contributed by atoms with van der Waals surface area (Å²) in [6.07, 6.45) is 59.6. The van der Waals surface area contributed by atoms with E-state index < -0.39 is 6.10 Å². The Morgan fingerprint density at radius 2 is 0.607 bits per heavy atom. The molecule has 0 aliphatic carbocycles. The highest BCUT2D eigenvalue weighted by atomic mass is 16.6. The minimum atomic E-state index is -0.785. The lowest BCUT2D eigenvalue weighted by Gasteiger charge is -2.18. The predicted octanol–water partition coefficient (Wildman–Crippen LogP) is 17.1. The summed E-state index contributed by atoms with van der Waals surface area (Å²) < 4.78 is 16.7. The van der Waals surface area contributed by atoms with Crippen LogP contribution in [0.1, 0.15) is 265 Å². The van der Waals surface area contributed by atoms with E-state index in [0.29, 0.717) is 19.3 Å². The standard InChI is InChI=1S/C55H98O6/c1-4-7-10-13-16-19-21-23-25-26-27-28-30-31-33-36-39-42-45-48-54(57)60-51-52(50-59-53(56)47-44-41-38-35-18-15-12-9-6-3)61-55(58)49-46-43-40-37-34-32-29-24-22-20-17-14-11-8-5-2/h16,19-23,35,38,52H,4-15,17-18,24-34,36-37,39-51H2,1-3H3/b19-16-,22-20-,23-21-,38-35-. The average Bonchev–Trinajstić information content (AvgIpc) is 3.26. The molecular formula is C55H98O6. The van der Waals surface area contributed by atoms with E-state index in [1.807, 2.05) is 0 Å². The maximum absolute atomic E-state index is 12.8. The molecule has 354 valence electrons. The Balaban J connectivity index is 4.31. The van der Waals surface area contributed by atoms with E-state index in [1.54, 1.807) is 0 Å². The average molecular weight is 855 g/mol. The summed E-state index contributed by atoms with van der Waals surface area (Å²) in [5.41, 5.74) is 0. The second kappa shape index (κ2) is 50.0. The van der Waals surface area contributed by atoms with Crippen LogP contribution in [0.3, 0.4) is 0 Å². The fraction of sp³-hybridized carbons (Fsp3) is 0.800. The van der Waals surface area contributed by atoms with Gasteiger partial charge in [-0.25, -0.2) is 0 Å². The number of carbonyl (C=O) groups excluding carboxylic acids is 3. The van der Waals surface area contributed by atoms with Gasteiger partial charge in [0.25, 0.3) is 0 Å². The van der Waals surface area contributed by atoms with Gasteiger partial charge in [-0.05, 0) is 89.9 Å². The van der Waals surface area contributed by atoms with Crippen molar-refractivity contribution in [3.63, 3.8) is 0 Å². The molecule has 61 heavy (non-hydrogen) atoms. The van der Waals surface area contributed by atoms with E-state index >= 15 is 0 Å².